The maximum absolute atomic E-state index is 12.1. The van der Waals surface area contributed by atoms with E-state index < -0.39 is 0 Å². The first-order valence-electron chi connectivity index (χ1n) is 8.60. The molecule has 0 spiro atoms. The summed E-state index contributed by atoms with van der Waals surface area (Å²) in [6.45, 7) is 3.33. The standard InChI is InChI=1S/C21H20N4O2S/c1-13(23-19-12-17(24-14(2)26)9-10-18(19)22)15-5-7-16(8-6-15)25-21(27)20-4-3-11-28-20/h3-12H,22H2,1-2H3,(H,24,26)(H,25,27). The molecule has 0 saturated carbocycles. The Hall–Kier alpha value is -3.45. The Balaban J connectivity index is 1.76. The van der Waals surface area contributed by atoms with E-state index in [1.807, 2.05) is 42.6 Å². The van der Waals surface area contributed by atoms with E-state index in [1.165, 1.54) is 18.3 Å². The topological polar surface area (TPSA) is 96.6 Å². The van der Waals surface area contributed by atoms with Crippen molar-refractivity contribution in [2.45, 2.75) is 13.8 Å². The molecule has 3 rings (SSSR count). The van der Waals surface area contributed by atoms with Crippen LogP contribution in [-0.2, 0) is 4.79 Å². The molecule has 2 aromatic carbocycles. The number of amides is 2. The number of benzene rings is 2. The second-order valence-corrected chi connectivity index (χ2v) is 7.11. The average molecular weight is 392 g/mol. The number of nitrogens with one attached hydrogen (secondary N) is 2. The quantitative estimate of drug-likeness (QED) is 0.434. The third-order valence-electron chi connectivity index (χ3n) is 3.94. The van der Waals surface area contributed by atoms with E-state index in [-0.39, 0.29) is 11.8 Å². The number of carbonyl (C=O) groups is 2. The highest BCUT2D eigenvalue weighted by molar-refractivity contribution is 7.12. The first-order valence-corrected chi connectivity index (χ1v) is 9.48. The summed E-state index contributed by atoms with van der Waals surface area (Å²) in [4.78, 5) is 28.6. The van der Waals surface area contributed by atoms with Crippen molar-refractivity contribution in [3.63, 3.8) is 0 Å². The molecular formula is C21H20N4O2S. The summed E-state index contributed by atoms with van der Waals surface area (Å²) in [5.41, 5.74) is 10.1. The van der Waals surface area contributed by atoms with Gasteiger partial charge in [-0.25, -0.2) is 0 Å². The van der Waals surface area contributed by atoms with Crippen molar-refractivity contribution in [3.8, 4) is 0 Å². The van der Waals surface area contributed by atoms with Crippen LogP contribution in [0.1, 0.15) is 29.1 Å². The minimum atomic E-state index is -0.156. The summed E-state index contributed by atoms with van der Waals surface area (Å²) in [6.07, 6.45) is 0. The third-order valence-corrected chi connectivity index (χ3v) is 4.81. The normalized spacial score (nSPS) is 11.1. The minimum absolute atomic E-state index is 0.129. The molecule has 3 aromatic rings. The highest BCUT2D eigenvalue weighted by Gasteiger charge is 2.08. The van der Waals surface area contributed by atoms with Gasteiger partial charge in [-0.1, -0.05) is 18.2 Å². The van der Waals surface area contributed by atoms with E-state index in [4.69, 9.17) is 5.73 Å². The summed E-state index contributed by atoms with van der Waals surface area (Å²) in [5, 5.41) is 7.45. The van der Waals surface area contributed by atoms with E-state index in [9.17, 15) is 9.59 Å². The fraction of sp³-hybridized carbons (Fsp3) is 0.0952. The summed E-state index contributed by atoms with van der Waals surface area (Å²) < 4.78 is 0. The molecular weight excluding hydrogens is 372 g/mol. The molecule has 0 bridgehead atoms. The monoisotopic (exact) mass is 392 g/mol. The number of nitrogen functional groups attached to an aromatic ring is 1. The second kappa shape index (κ2) is 8.49. The van der Waals surface area contributed by atoms with Gasteiger partial charge in [0.2, 0.25) is 5.91 Å². The molecule has 0 aliphatic rings. The molecule has 2 amide bonds. The van der Waals surface area contributed by atoms with Crippen LogP contribution in [-0.4, -0.2) is 17.5 Å². The molecule has 0 radical (unpaired) electrons. The van der Waals surface area contributed by atoms with Crippen LogP contribution in [0.4, 0.5) is 22.7 Å². The first-order chi connectivity index (χ1) is 13.4. The van der Waals surface area contributed by atoms with Crippen LogP contribution in [0.3, 0.4) is 0 Å². The zero-order valence-electron chi connectivity index (χ0n) is 15.5. The Morgan fingerprint density at radius 3 is 2.32 bits per heavy atom. The molecule has 4 N–H and O–H groups in total. The van der Waals surface area contributed by atoms with Crippen molar-refractivity contribution >= 4 is 51.6 Å². The second-order valence-electron chi connectivity index (χ2n) is 6.16. The summed E-state index contributed by atoms with van der Waals surface area (Å²) in [6, 6.07) is 16.2. The van der Waals surface area contributed by atoms with Gasteiger partial charge in [-0.15, -0.1) is 11.3 Å². The molecule has 1 aromatic heterocycles. The zero-order valence-corrected chi connectivity index (χ0v) is 16.3. The molecule has 0 fully saturated rings. The fourth-order valence-electron chi connectivity index (χ4n) is 2.56. The Morgan fingerprint density at radius 2 is 1.68 bits per heavy atom. The van der Waals surface area contributed by atoms with Gasteiger partial charge in [0.05, 0.1) is 16.3 Å². The molecule has 0 aliphatic heterocycles. The average Bonchev–Trinajstić information content (AvgIpc) is 3.19. The molecule has 1 heterocycles. The van der Waals surface area contributed by atoms with Crippen LogP contribution >= 0.6 is 11.3 Å². The lowest BCUT2D eigenvalue weighted by Crippen LogP contribution is -2.10. The van der Waals surface area contributed by atoms with Crippen molar-refractivity contribution < 1.29 is 9.59 Å². The molecule has 7 heteroatoms. The number of anilines is 3. The van der Waals surface area contributed by atoms with Gasteiger partial charge in [0.1, 0.15) is 0 Å². The van der Waals surface area contributed by atoms with Gasteiger partial charge in [-0.3, -0.25) is 14.6 Å². The fourth-order valence-corrected chi connectivity index (χ4v) is 3.18. The zero-order chi connectivity index (χ0) is 20.1. The van der Waals surface area contributed by atoms with E-state index in [0.29, 0.717) is 27.6 Å². The van der Waals surface area contributed by atoms with Gasteiger partial charge in [0, 0.05) is 24.0 Å². The Bertz CT molecular complexity index is 1030. The molecule has 28 heavy (non-hydrogen) atoms. The highest BCUT2D eigenvalue weighted by atomic mass is 32.1. The van der Waals surface area contributed by atoms with Gasteiger partial charge < -0.3 is 16.4 Å². The van der Waals surface area contributed by atoms with E-state index in [2.05, 4.69) is 15.6 Å². The van der Waals surface area contributed by atoms with Crippen molar-refractivity contribution in [2.24, 2.45) is 4.99 Å². The molecule has 0 aliphatic carbocycles. The lowest BCUT2D eigenvalue weighted by atomic mass is 10.1. The van der Waals surface area contributed by atoms with Crippen molar-refractivity contribution in [2.75, 3.05) is 16.4 Å². The maximum atomic E-state index is 12.1. The van der Waals surface area contributed by atoms with Gasteiger partial charge >= 0.3 is 0 Å². The number of nitrogens with zero attached hydrogens (tertiary/aromatic N) is 1. The number of rotatable bonds is 5. The molecule has 0 unspecified atom stereocenters. The number of aliphatic imine (C=N–C) groups is 1. The van der Waals surface area contributed by atoms with Crippen LogP contribution < -0.4 is 16.4 Å². The van der Waals surface area contributed by atoms with Crippen LogP contribution in [0.5, 0.6) is 0 Å². The van der Waals surface area contributed by atoms with Crippen molar-refractivity contribution in [1.29, 1.82) is 0 Å². The van der Waals surface area contributed by atoms with E-state index in [1.54, 1.807) is 24.3 Å². The molecule has 0 saturated heterocycles. The molecule has 6 nitrogen and oxygen atoms in total. The van der Waals surface area contributed by atoms with Crippen LogP contribution in [0, 0.1) is 0 Å². The van der Waals surface area contributed by atoms with Crippen molar-refractivity contribution in [1.82, 2.24) is 0 Å². The number of nitrogens with two attached hydrogens (primary N) is 1. The maximum Gasteiger partial charge on any atom is 0.265 e. The lowest BCUT2D eigenvalue weighted by Gasteiger charge is -2.08. The Morgan fingerprint density at radius 1 is 0.964 bits per heavy atom. The highest BCUT2D eigenvalue weighted by Crippen LogP contribution is 2.27. The summed E-state index contributed by atoms with van der Waals surface area (Å²) in [7, 11) is 0. The largest absolute Gasteiger partial charge is 0.397 e. The predicted molar refractivity (Wildman–Crippen MR) is 116 cm³/mol. The van der Waals surface area contributed by atoms with E-state index >= 15 is 0 Å². The number of hydrogen-bond acceptors (Lipinski definition) is 5. The van der Waals surface area contributed by atoms with Gasteiger partial charge in [-0.2, -0.15) is 0 Å². The van der Waals surface area contributed by atoms with E-state index in [0.717, 1.165) is 11.3 Å². The first kappa shape index (κ1) is 19.3. The third kappa shape index (κ3) is 4.83. The Kier molecular flexibility index (Phi) is 5.86. The van der Waals surface area contributed by atoms with Crippen LogP contribution in [0.25, 0.3) is 0 Å². The number of thiophene rings is 1. The SMILES string of the molecule is CC(=O)Nc1ccc(N)c(N=C(C)c2ccc(NC(=O)c3cccs3)cc2)c1. The lowest BCUT2D eigenvalue weighted by molar-refractivity contribution is -0.114. The van der Waals surface area contributed by atoms with Crippen LogP contribution in [0.15, 0.2) is 65.0 Å². The Labute approximate surface area is 167 Å². The summed E-state index contributed by atoms with van der Waals surface area (Å²) in [5.74, 6) is -0.285. The number of carbonyl (C=O) groups excluding carboxylic acids is 2. The molecule has 142 valence electrons. The molecule has 0 atom stereocenters. The smallest absolute Gasteiger partial charge is 0.265 e. The minimum Gasteiger partial charge on any atom is -0.397 e. The summed E-state index contributed by atoms with van der Waals surface area (Å²) >= 11 is 1.40. The predicted octanol–water partition coefficient (Wildman–Crippen LogP) is 4.68. The van der Waals surface area contributed by atoms with Gasteiger partial charge in [0.15, 0.2) is 0 Å². The van der Waals surface area contributed by atoms with Crippen LogP contribution in [0.2, 0.25) is 0 Å². The van der Waals surface area contributed by atoms with Gasteiger partial charge in [-0.05, 0) is 54.3 Å². The van der Waals surface area contributed by atoms with Crippen molar-refractivity contribution in [3.05, 3.63) is 70.4 Å². The van der Waals surface area contributed by atoms with Gasteiger partial charge in [0.25, 0.3) is 5.91 Å². The number of hydrogen-bond donors (Lipinski definition) is 3.